The van der Waals surface area contributed by atoms with E-state index in [9.17, 15) is 9.18 Å². The molecule has 0 unspecified atom stereocenters. The van der Waals surface area contributed by atoms with Gasteiger partial charge in [0, 0.05) is 4.47 Å². The van der Waals surface area contributed by atoms with Gasteiger partial charge in [0.05, 0.1) is 17.2 Å². The molecule has 2 rings (SSSR count). The number of hydrogen-bond acceptors (Lipinski definition) is 2. The minimum absolute atomic E-state index is 0.0207. The van der Waals surface area contributed by atoms with Crippen LogP contribution in [-0.2, 0) is 0 Å². The Hall–Kier alpha value is -1.68. The highest BCUT2D eigenvalue weighted by Crippen LogP contribution is 2.27. The summed E-state index contributed by atoms with van der Waals surface area (Å²) in [5.74, 6) is -0.488. The Balaban J connectivity index is 2.49. The Kier molecular flexibility index (Phi) is 4.55. The predicted molar refractivity (Wildman–Crippen MR) is 79.7 cm³/mol. The Morgan fingerprint density at radius 2 is 1.85 bits per heavy atom. The zero-order valence-corrected chi connectivity index (χ0v) is 12.8. The number of ether oxygens (including phenoxy) is 1. The monoisotopic (exact) mass is 336 g/mol. The molecule has 0 bridgehead atoms. The van der Waals surface area contributed by atoms with Crippen LogP contribution in [0.5, 0.6) is 5.75 Å². The molecule has 0 radical (unpaired) electrons. The second-order valence-electron chi connectivity index (χ2n) is 4.59. The summed E-state index contributed by atoms with van der Waals surface area (Å²) < 4.78 is 19.9. The average molecular weight is 337 g/mol. The van der Waals surface area contributed by atoms with Crippen molar-refractivity contribution in [2.75, 3.05) is 0 Å². The fourth-order valence-electron chi connectivity index (χ4n) is 1.86. The normalized spacial score (nSPS) is 10.7. The van der Waals surface area contributed by atoms with Crippen molar-refractivity contribution in [3.8, 4) is 5.75 Å². The van der Waals surface area contributed by atoms with Gasteiger partial charge in [0.25, 0.3) is 0 Å². The van der Waals surface area contributed by atoms with Gasteiger partial charge in [0.1, 0.15) is 11.6 Å². The Morgan fingerprint density at radius 1 is 1.15 bits per heavy atom. The van der Waals surface area contributed by atoms with Crippen molar-refractivity contribution < 1.29 is 13.9 Å². The van der Waals surface area contributed by atoms with Crippen molar-refractivity contribution in [3.63, 3.8) is 0 Å². The third-order valence-corrected chi connectivity index (χ3v) is 3.35. The number of halogens is 2. The first-order valence-electron chi connectivity index (χ1n) is 6.25. The molecule has 2 aromatic rings. The molecule has 0 fully saturated rings. The van der Waals surface area contributed by atoms with Gasteiger partial charge in [0.15, 0.2) is 0 Å². The van der Waals surface area contributed by atoms with Gasteiger partial charge < -0.3 is 4.74 Å². The molecule has 20 heavy (non-hydrogen) atoms. The molecule has 104 valence electrons. The van der Waals surface area contributed by atoms with E-state index in [1.807, 2.05) is 13.8 Å². The zero-order chi connectivity index (χ0) is 14.7. The highest BCUT2D eigenvalue weighted by atomic mass is 79.9. The summed E-state index contributed by atoms with van der Waals surface area (Å²) in [4.78, 5) is 12.5. The van der Waals surface area contributed by atoms with Crippen molar-refractivity contribution in [1.29, 1.82) is 0 Å². The summed E-state index contributed by atoms with van der Waals surface area (Å²) in [6.07, 6.45) is -0.0620. The number of benzene rings is 2. The fourth-order valence-corrected chi connectivity index (χ4v) is 2.38. The number of carbonyl (C=O) groups excluding carboxylic acids is 1. The van der Waals surface area contributed by atoms with Crippen molar-refractivity contribution >= 4 is 21.7 Å². The van der Waals surface area contributed by atoms with Crippen LogP contribution in [-0.4, -0.2) is 11.9 Å². The van der Waals surface area contributed by atoms with Crippen LogP contribution < -0.4 is 4.74 Å². The first-order chi connectivity index (χ1) is 9.50. The smallest absolute Gasteiger partial charge is 0.200 e. The molecule has 2 nitrogen and oxygen atoms in total. The molecule has 0 atom stereocenters. The van der Waals surface area contributed by atoms with Gasteiger partial charge in [0.2, 0.25) is 5.78 Å². The summed E-state index contributed by atoms with van der Waals surface area (Å²) in [7, 11) is 0. The minimum atomic E-state index is -0.552. The van der Waals surface area contributed by atoms with E-state index in [0.29, 0.717) is 15.8 Å². The number of hydrogen-bond donors (Lipinski definition) is 0. The summed E-state index contributed by atoms with van der Waals surface area (Å²) in [5, 5.41) is 0. The maximum absolute atomic E-state index is 13.9. The minimum Gasteiger partial charge on any atom is -0.490 e. The van der Waals surface area contributed by atoms with E-state index in [1.165, 1.54) is 6.07 Å². The first-order valence-corrected chi connectivity index (χ1v) is 7.04. The van der Waals surface area contributed by atoms with Crippen molar-refractivity contribution in [3.05, 3.63) is 63.9 Å². The number of ketones is 1. The molecular formula is C16H14BrFO2. The van der Waals surface area contributed by atoms with Crippen LogP contribution in [0.25, 0.3) is 0 Å². The molecule has 0 aliphatic heterocycles. The molecule has 2 aromatic carbocycles. The Labute approximate surface area is 125 Å². The molecular weight excluding hydrogens is 323 g/mol. The highest BCUT2D eigenvalue weighted by molar-refractivity contribution is 9.10. The van der Waals surface area contributed by atoms with E-state index in [4.69, 9.17) is 4.74 Å². The average Bonchev–Trinajstić information content (AvgIpc) is 2.38. The summed E-state index contributed by atoms with van der Waals surface area (Å²) >= 11 is 3.22. The van der Waals surface area contributed by atoms with E-state index in [0.717, 1.165) is 0 Å². The van der Waals surface area contributed by atoms with Crippen LogP contribution in [0.3, 0.4) is 0 Å². The van der Waals surface area contributed by atoms with Crippen LogP contribution in [0, 0.1) is 5.82 Å². The molecule has 0 N–H and O–H groups in total. The highest BCUT2D eigenvalue weighted by Gasteiger charge is 2.20. The SMILES string of the molecule is CC(C)Oc1ccccc1C(=O)c1c(F)cccc1Br. The van der Waals surface area contributed by atoms with Gasteiger partial charge in [-0.1, -0.05) is 18.2 Å². The summed E-state index contributed by atoms with van der Waals surface area (Å²) in [6.45, 7) is 3.75. The van der Waals surface area contributed by atoms with E-state index in [1.54, 1.807) is 36.4 Å². The molecule has 0 aliphatic carbocycles. The molecule has 0 aromatic heterocycles. The van der Waals surface area contributed by atoms with Crippen molar-refractivity contribution in [2.45, 2.75) is 20.0 Å². The van der Waals surface area contributed by atoms with Crippen molar-refractivity contribution in [2.24, 2.45) is 0 Å². The van der Waals surface area contributed by atoms with Crippen LogP contribution in [0.4, 0.5) is 4.39 Å². The largest absolute Gasteiger partial charge is 0.490 e. The molecule has 0 spiro atoms. The Bertz CT molecular complexity index is 618. The van der Waals surface area contributed by atoms with Crippen LogP contribution in [0.15, 0.2) is 46.9 Å². The van der Waals surface area contributed by atoms with Crippen molar-refractivity contribution in [1.82, 2.24) is 0 Å². The van der Waals surface area contributed by atoms with Crippen LogP contribution in [0.1, 0.15) is 29.8 Å². The quantitative estimate of drug-likeness (QED) is 0.762. The van der Waals surface area contributed by atoms with E-state index in [2.05, 4.69) is 15.9 Å². The fraction of sp³-hybridized carbons (Fsp3) is 0.188. The lowest BCUT2D eigenvalue weighted by molar-refractivity contribution is 0.102. The third-order valence-electron chi connectivity index (χ3n) is 2.68. The van der Waals surface area contributed by atoms with Gasteiger partial charge in [-0.25, -0.2) is 4.39 Å². The Morgan fingerprint density at radius 3 is 2.50 bits per heavy atom. The first kappa shape index (κ1) is 14.7. The maximum Gasteiger partial charge on any atom is 0.200 e. The second kappa shape index (κ2) is 6.18. The lowest BCUT2D eigenvalue weighted by atomic mass is 10.0. The topological polar surface area (TPSA) is 26.3 Å². The predicted octanol–water partition coefficient (Wildman–Crippen LogP) is 4.61. The lowest BCUT2D eigenvalue weighted by Gasteiger charge is -2.14. The second-order valence-corrected chi connectivity index (χ2v) is 5.44. The number of carbonyl (C=O) groups is 1. The molecule has 0 heterocycles. The van der Waals surface area contributed by atoms with E-state index >= 15 is 0 Å². The molecule has 0 amide bonds. The van der Waals surface area contributed by atoms with E-state index in [-0.39, 0.29) is 11.7 Å². The number of rotatable bonds is 4. The molecule has 0 saturated heterocycles. The summed E-state index contributed by atoms with van der Waals surface area (Å²) in [5.41, 5.74) is 0.374. The van der Waals surface area contributed by atoms with Crippen LogP contribution >= 0.6 is 15.9 Å². The van der Waals surface area contributed by atoms with Gasteiger partial charge in [-0.2, -0.15) is 0 Å². The molecule has 0 aliphatic rings. The molecule has 0 saturated carbocycles. The van der Waals surface area contributed by atoms with Gasteiger partial charge in [-0.15, -0.1) is 0 Å². The summed E-state index contributed by atoms with van der Waals surface area (Å²) in [6, 6.07) is 11.3. The third kappa shape index (κ3) is 3.07. The number of para-hydroxylation sites is 1. The standard InChI is InChI=1S/C16H14BrFO2/c1-10(2)20-14-9-4-3-6-11(14)16(19)15-12(17)7-5-8-13(15)18/h3-10H,1-2H3. The maximum atomic E-state index is 13.9. The molecule has 4 heteroatoms. The zero-order valence-electron chi connectivity index (χ0n) is 11.2. The van der Waals surface area contributed by atoms with Gasteiger partial charge >= 0.3 is 0 Å². The van der Waals surface area contributed by atoms with Gasteiger partial charge in [-0.3, -0.25) is 4.79 Å². The van der Waals surface area contributed by atoms with Gasteiger partial charge in [-0.05, 0) is 54.0 Å². The lowest BCUT2D eigenvalue weighted by Crippen LogP contribution is -2.12. The van der Waals surface area contributed by atoms with Crippen LogP contribution in [0.2, 0.25) is 0 Å². The van der Waals surface area contributed by atoms with E-state index < -0.39 is 11.6 Å².